The number of hydrogen-bond acceptors (Lipinski definition) is 5. The van der Waals surface area contributed by atoms with E-state index in [4.69, 9.17) is 5.11 Å². The molecule has 0 rings (SSSR count). The molecule has 7 nitrogen and oxygen atoms in total. The van der Waals surface area contributed by atoms with Crippen molar-refractivity contribution in [2.75, 3.05) is 18.6 Å². The highest BCUT2D eigenvalue weighted by molar-refractivity contribution is 7.90. The molecule has 0 saturated carbocycles. The standard InChI is InChI=1S/C11H22N2O5S/c1-11(2,3)12-7-9(14)13-8(10(15)16)5-6-19(4,17)18/h8,12H,5-7H2,1-4H3,(H,13,14)(H,15,16). The second-order valence-electron chi connectivity index (χ2n) is 5.48. The van der Waals surface area contributed by atoms with Gasteiger partial charge in [0.15, 0.2) is 0 Å². The van der Waals surface area contributed by atoms with E-state index in [0.717, 1.165) is 6.26 Å². The van der Waals surface area contributed by atoms with Crippen molar-refractivity contribution in [2.45, 2.75) is 38.8 Å². The van der Waals surface area contributed by atoms with Crippen LogP contribution < -0.4 is 10.6 Å². The number of amides is 1. The Hall–Kier alpha value is -1.15. The Morgan fingerprint density at radius 1 is 1.26 bits per heavy atom. The van der Waals surface area contributed by atoms with Gasteiger partial charge in [0.1, 0.15) is 15.9 Å². The summed E-state index contributed by atoms with van der Waals surface area (Å²) in [7, 11) is -3.25. The Bertz CT molecular complexity index is 425. The predicted molar refractivity (Wildman–Crippen MR) is 71.7 cm³/mol. The molecule has 0 aliphatic rings. The minimum atomic E-state index is -3.25. The first kappa shape index (κ1) is 17.8. The molecule has 0 fully saturated rings. The second kappa shape index (κ2) is 6.85. The fourth-order valence-electron chi connectivity index (χ4n) is 1.18. The monoisotopic (exact) mass is 294 g/mol. The summed E-state index contributed by atoms with van der Waals surface area (Å²) < 4.78 is 22.0. The topological polar surface area (TPSA) is 113 Å². The van der Waals surface area contributed by atoms with Crippen LogP contribution in [0.2, 0.25) is 0 Å². The van der Waals surface area contributed by atoms with Gasteiger partial charge in [0.2, 0.25) is 5.91 Å². The predicted octanol–water partition coefficient (Wildman–Crippen LogP) is -0.621. The average Bonchev–Trinajstić information content (AvgIpc) is 2.18. The average molecular weight is 294 g/mol. The number of sulfone groups is 1. The van der Waals surface area contributed by atoms with E-state index < -0.39 is 27.8 Å². The summed E-state index contributed by atoms with van der Waals surface area (Å²) in [6.07, 6.45) is 0.879. The molecular formula is C11H22N2O5S. The van der Waals surface area contributed by atoms with Crippen LogP contribution in [0.1, 0.15) is 27.2 Å². The van der Waals surface area contributed by atoms with Crippen molar-refractivity contribution in [3.05, 3.63) is 0 Å². The van der Waals surface area contributed by atoms with Crippen LogP contribution in [0, 0.1) is 0 Å². The third-order valence-electron chi connectivity index (χ3n) is 2.19. The normalized spacial score (nSPS) is 13.9. The van der Waals surface area contributed by atoms with E-state index in [0.29, 0.717) is 0 Å². The second-order valence-corrected chi connectivity index (χ2v) is 7.74. The Morgan fingerprint density at radius 2 is 1.79 bits per heavy atom. The summed E-state index contributed by atoms with van der Waals surface area (Å²) in [5.41, 5.74) is -0.261. The Kier molecular flexibility index (Phi) is 6.44. The van der Waals surface area contributed by atoms with Gasteiger partial charge in [-0.2, -0.15) is 0 Å². The number of carbonyl (C=O) groups is 2. The maximum Gasteiger partial charge on any atom is 0.326 e. The number of carboxylic acid groups (broad SMARTS) is 1. The molecule has 0 aliphatic carbocycles. The number of aliphatic carboxylic acids is 1. The number of rotatable bonds is 7. The van der Waals surface area contributed by atoms with Crippen LogP contribution in [0.3, 0.4) is 0 Å². The van der Waals surface area contributed by atoms with Crippen molar-refractivity contribution in [1.82, 2.24) is 10.6 Å². The molecule has 0 heterocycles. The van der Waals surface area contributed by atoms with E-state index in [9.17, 15) is 18.0 Å². The molecule has 112 valence electrons. The molecule has 0 aromatic heterocycles. The third kappa shape index (κ3) is 10.5. The van der Waals surface area contributed by atoms with Gasteiger partial charge in [0.05, 0.1) is 12.3 Å². The number of nitrogens with one attached hydrogen (secondary N) is 2. The van der Waals surface area contributed by atoms with E-state index in [1.807, 2.05) is 20.8 Å². The zero-order chi connectivity index (χ0) is 15.3. The van der Waals surface area contributed by atoms with Crippen LogP contribution >= 0.6 is 0 Å². The Labute approximate surface area is 113 Å². The number of carbonyl (C=O) groups excluding carboxylic acids is 1. The van der Waals surface area contributed by atoms with Crippen LogP contribution in [-0.4, -0.2) is 55.5 Å². The van der Waals surface area contributed by atoms with Crippen LogP contribution in [0.15, 0.2) is 0 Å². The summed E-state index contributed by atoms with van der Waals surface area (Å²) in [4.78, 5) is 22.5. The molecule has 0 spiro atoms. The molecule has 8 heteroatoms. The molecule has 0 bridgehead atoms. The Morgan fingerprint density at radius 3 is 2.16 bits per heavy atom. The zero-order valence-corrected chi connectivity index (χ0v) is 12.5. The largest absolute Gasteiger partial charge is 0.480 e. The first-order chi connectivity index (χ1) is 8.41. The first-order valence-corrected chi connectivity index (χ1v) is 7.92. The van der Waals surface area contributed by atoms with Gasteiger partial charge in [-0.25, -0.2) is 13.2 Å². The van der Waals surface area contributed by atoms with Gasteiger partial charge in [0.25, 0.3) is 0 Å². The van der Waals surface area contributed by atoms with Crippen molar-refractivity contribution in [2.24, 2.45) is 0 Å². The number of carboxylic acids is 1. The van der Waals surface area contributed by atoms with E-state index in [2.05, 4.69) is 10.6 Å². The molecular weight excluding hydrogens is 272 g/mol. The van der Waals surface area contributed by atoms with Crippen molar-refractivity contribution in [1.29, 1.82) is 0 Å². The maximum atomic E-state index is 11.5. The molecule has 0 radical (unpaired) electrons. The van der Waals surface area contributed by atoms with Gasteiger partial charge in [-0.3, -0.25) is 4.79 Å². The van der Waals surface area contributed by atoms with Crippen molar-refractivity contribution < 1.29 is 23.1 Å². The van der Waals surface area contributed by atoms with Crippen LogP contribution in [0.25, 0.3) is 0 Å². The van der Waals surface area contributed by atoms with Crippen LogP contribution in [0.5, 0.6) is 0 Å². The molecule has 0 aliphatic heterocycles. The zero-order valence-electron chi connectivity index (χ0n) is 11.7. The van der Waals surface area contributed by atoms with Crippen molar-refractivity contribution in [3.63, 3.8) is 0 Å². The summed E-state index contributed by atoms with van der Waals surface area (Å²) in [6.45, 7) is 5.60. The quantitative estimate of drug-likeness (QED) is 0.577. The van der Waals surface area contributed by atoms with E-state index >= 15 is 0 Å². The fourth-order valence-corrected chi connectivity index (χ4v) is 1.84. The van der Waals surface area contributed by atoms with Gasteiger partial charge < -0.3 is 15.7 Å². The van der Waals surface area contributed by atoms with E-state index in [1.54, 1.807) is 0 Å². The molecule has 0 aromatic carbocycles. The highest BCUT2D eigenvalue weighted by Crippen LogP contribution is 1.99. The summed E-state index contributed by atoms with van der Waals surface area (Å²) in [5.74, 6) is -2.00. The highest BCUT2D eigenvalue weighted by atomic mass is 32.2. The lowest BCUT2D eigenvalue weighted by molar-refractivity contribution is -0.141. The lowest BCUT2D eigenvalue weighted by Crippen LogP contribution is -2.48. The van der Waals surface area contributed by atoms with Crippen LogP contribution in [0.4, 0.5) is 0 Å². The minimum absolute atomic E-state index is 0.0217. The third-order valence-corrected chi connectivity index (χ3v) is 3.17. The van der Waals surface area contributed by atoms with Crippen LogP contribution in [-0.2, 0) is 19.4 Å². The molecule has 1 atom stereocenters. The van der Waals surface area contributed by atoms with E-state index in [-0.39, 0.29) is 24.3 Å². The first-order valence-electron chi connectivity index (χ1n) is 5.85. The molecule has 1 amide bonds. The summed E-state index contributed by atoms with van der Waals surface area (Å²) >= 11 is 0. The lowest BCUT2D eigenvalue weighted by atomic mass is 10.1. The molecule has 19 heavy (non-hydrogen) atoms. The van der Waals surface area contributed by atoms with Gasteiger partial charge in [-0.1, -0.05) is 0 Å². The highest BCUT2D eigenvalue weighted by Gasteiger charge is 2.22. The minimum Gasteiger partial charge on any atom is -0.480 e. The summed E-state index contributed by atoms with van der Waals surface area (Å²) in [5, 5.41) is 14.1. The molecule has 0 aromatic rings. The smallest absolute Gasteiger partial charge is 0.326 e. The molecule has 0 saturated heterocycles. The molecule has 3 N–H and O–H groups in total. The van der Waals surface area contributed by atoms with Gasteiger partial charge in [0, 0.05) is 11.8 Å². The fraction of sp³-hybridized carbons (Fsp3) is 0.818. The molecule has 1 unspecified atom stereocenters. The van der Waals surface area contributed by atoms with Gasteiger partial charge >= 0.3 is 5.97 Å². The Balaban J connectivity index is 4.35. The SMILES string of the molecule is CC(C)(C)NCC(=O)NC(CCS(C)(=O)=O)C(=O)O. The summed E-state index contributed by atoms with van der Waals surface area (Å²) in [6, 6.07) is -1.19. The number of hydrogen-bond donors (Lipinski definition) is 3. The van der Waals surface area contributed by atoms with Crippen molar-refractivity contribution >= 4 is 21.7 Å². The lowest BCUT2D eigenvalue weighted by Gasteiger charge is -2.21. The van der Waals surface area contributed by atoms with Gasteiger partial charge in [-0.05, 0) is 27.2 Å². The maximum absolute atomic E-state index is 11.5. The van der Waals surface area contributed by atoms with E-state index in [1.165, 1.54) is 0 Å². The van der Waals surface area contributed by atoms with Gasteiger partial charge in [-0.15, -0.1) is 0 Å². The van der Waals surface area contributed by atoms with Crippen molar-refractivity contribution in [3.8, 4) is 0 Å².